The number of anilines is 1. The number of hydrogen-bond acceptors (Lipinski definition) is 4. The average Bonchev–Trinajstić information content (AvgIpc) is 2.95. The molecule has 0 aliphatic rings. The van der Waals surface area contributed by atoms with Gasteiger partial charge in [-0.3, -0.25) is 4.79 Å². The molecule has 3 rings (SSSR count). The van der Waals surface area contributed by atoms with E-state index in [2.05, 4.69) is 15.5 Å². The molecule has 5 heteroatoms. The summed E-state index contributed by atoms with van der Waals surface area (Å²) < 4.78 is 4.95. The number of benzene rings is 2. The lowest BCUT2D eigenvalue weighted by molar-refractivity contribution is 0.102. The molecule has 0 radical (unpaired) electrons. The summed E-state index contributed by atoms with van der Waals surface area (Å²) >= 11 is 0. The summed E-state index contributed by atoms with van der Waals surface area (Å²) in [6.07, 6.45) is 0. The van der Waals surface area contributed by atoms with Crippen LogP contribution in [0.15, 0.2) is 59.1 Å². The summed E-state index contributed by atoms with van der Waals surface area (Å²) in [6, 6.07) is 16.4. The van der Waals surface area contributed by atoms with E-state index >= 15 is 0 Å². The molecular formula is C16H13N3O2. The van der Waals surface area contributed by atoms with Crippen molar-refractivity contribution in [3.63, 3.8) is 0 Å². The first-order valence-electron chi connectivity index (χ1n) is 6.49. The molecule has 0 aliphatic carbocycles. The highest BCUT2D eigenvalue weighted by Gasteiger charge is 2.10. The van der Waals surface area contributed by atoms with Crippen LogP contribution < -0.4 is 5.32 Å². The van der Waals surface area contributed by atoms with Crippen molar-refractivity contribution in [1.29, 1.82) is 0 Å². The predicted molar refractivity (Wildman–Crippen MR) is 78.9 cm³/mol. The second kappa shape index (κ2) is 5.58. The average molecular weight is 279 g/mol. The third-order valence-electron chi connectivity index (χ3n) is 2.94. The van der Waals surface area contributed by atoms with Gasteiger partial charge in [-0.15, -0.1) is 0 Å². The van der Waals surface area contributed by atoms with Crippen LogP contribution in [0.5, 0.6) is 0 Å². The number of carbonyl (C=O) groups excluding carboxylic acids is 1. The first-order valence-corrected chi connectivity index (χ1v) is 6.49. The Morgan fingerprint density at radius 3 is 2.62 bits per heavy atom. The number of amides is 1. The van der Waals surface area contributed by atoms with Crippen molar-refractivity contribution in [2.24, 2.45) is 0 Å². The highest BCUT2D eigenvalue weighted by Crippen LogP contribution is 2.18. The van der Waals surface area contributed by atoms with E-state index in [-0.39, 0.29) is 5.91 Å². The van der Waals surface area contributed by atoms with Crippen molar-refractivity contribution in [3.05, 3.63) is 66.1 Å². The van der Waals surface area contributed by atoms with Gasteiger partial charge in [0.2, 0.25) is 11.7 Å². The van der Waals surface area contributed by atoms with Crippen LogP contribution in [-0.4, -0.2) is 16.0 Å². The number of nitrogens with zero attached hydrogens (tertiary/aromatic N) is 2. The number of aromatic nitrogens is 2. The Bertz CT molecular complexity index is 766. The zero-order valence-electron chi connectivity index (χ0n) is 11.4. The first kappa shape index (κ1) is 13.1. The lowest BCUT2D eigenvalue weighted by Crippen LogP contribution is -2.11. The monoisotopic (exact) mass is 279 g/mol. The van der Waals surface area contributed by atoms with E-state index in [1.165, 1.54) is 0 Å². The lowest BCUT2D eigenvalue weighted by Gasteiger charge is -2.05. The molecular weight excluding hydrogens is 266 g/mol. The van der Waals surface area contributed by atoms with Gasteiger partial charge in [0.25, 0.3) is 5.91 Å². The Balaban J connectivity index is 1.84. The molecule has 0 atom stereocenters. The molecule has 21 heavy (non-hydrogen) atoms. The summed E-state index contributed by atoms with van der Waals surface area (Å²) in [5.74, 6) is 0.786. The number of rotatable bonds is 3. The zero-order chi connectivity index (χ0) is 14.7. The molecule has 1 amide bonds. The summed E-state index contributed by atoms with van der Waals surface area (Å²) in [7, 11) is 0. The second-order valence-electron chi connectivity index (χ2n) is 4.54. The van der Waals surface area contributed by atoms with Crippen molar-refractivity contribution >= 4 is 11.6 Å². The molecule has 0 saturated carbocycles. The van der Waals surface area contributed by atoms with Gasteiger partial charge in [0.15, 0.2) is 0 Å². The highest BCUT2D eigenvalue weighted by molar-refractivity contribution is 6.04. The van der Waals surface area contributed by atoms with Crippen LogP contribution in [-0.2, 0) is 0 Å². The van der Waals surface area contributed by atoms with Gasteiger partial charge < -0.3 is 9.84 Å². The Kier molecular flexibility index (Phi) is 3.47. The fraction of sp³-hybridized carbons (Fsp3) is 0.0625. The number of para-hydroxylation sites is 1. The van der Waals surface area contributed by atoms with Gasteiger partial charge in [0.05, 0.1) is 0 Å². The van der Waals surface area contributed by atoms with Crippen LogP contribution in [0.1, 0.15) is 16.2 Å². The fourth-order valence-electron chi connectivity index (χ4n) is 1.94. The highest BCUT2D eigenvalue weighted by atomic mass is 16.5. The lowest BCUT2D eigenvalue weighted by atomic mass is 10.1. The molecule has 0 aliphatic heterocycles. The van der Waals surface area contributed by atoms with Crippen molar-refractivity contribution in [1.82, 2.24) is 10.1 Å². The Morgan fingerprint density at radius 2 is 1.90 bits per heavy atom. The number of hydrogen-bond donors (Lipinski definition) is 1. The first-order chi connectivity index (χ1) is 10.2. The minimum atomic E-state index is -0.178. The Morgan fingerprint density at radius 1 is 1.10 bits per heavy atom. The zero-order valence-corrected chi connectivity index (χ0v) is 11.4. The van der Waals surface area contributed by atoms with Crippen molar-refractivity contribution in [2.75, 3.05) is 5.32 Å². The number of aryl methyl sites for hydroxylation is 1. The smallest absolute Gasteiger partial charge is 0.255 e. The minimum Gasteiger partial charge on any atom is -0.339 e. The standard InChI is InChI=1S/C16H13N3O2/c1-11-17-15(19-21-11)12-6-5-7-13(10-12)16(20)18-14-8-3-2-4-9-14/h2-10H,1H3,(H,18,20). The van der Waals surface area contributed by atoms with E-state index in [1.807, 2.05) is 36.4 Å². The molecule has 0 saturated heterocycles. The number of carbonyl (C=O) groups is 1. The molecule has 0 fully saturated rings. The molecule has 104 valence electrons. The molecule has 0 spiro atoms. The maximum Gasteiger partial charge on any atom is 0.255 e. The molecule has 1 N–H and O–H groups in total. The fourth-order valence-corrected chi connectivity index (χ4v) is 1.94. The minimum absolute atomic E-state index is 0.178. The van der Waals surface area contributed by atoms with Gasteiger partial charge in [-0.25, -0.2) is 0 Å². The molecule has 0 bridgehead atoms. The van der Waals surface area contributed by atoms with Crippen LogP contribution in [0.4, 0.5) is 5.69 Å². The molecule has 1 heterocycles. The topological polar surface area (TPSA) is 68.0 Å². The van der Waals surface area contributed by atoms with Crippen molar-refractivity contribution in [3.8, 4) is 11.4 Å². The molecule has 0 unspecified atom stereocenters. The number of nitrogens with one attached hydrogen (secondary N) is 1. The van der Waals surface area contributed by atoms with E-state index in [4.69, 9.17) is 4.52 Å². The normalized spacial score (nSPS) is 10.3. The summed E-state index contributed by atoms with van der Waals surface area (Å²) in [6.45, 7) is 1.72. The third-order valence-corrected chi connectivity index (χ3v) is 2.94. The molecule has 5 nitrogen and oxygen atoms in total. The molecule has 3 aromatic rings. The maximum absolute atomic E-state index is 12.2. The van der Waals surface area contributed by atoms with E-state index in [0.717, 1.165) is 11.3 Å². The quantitative estimate of drug-likeness (QED) is 0.798. The summed E-state index contributed by atoms with van der Waals surface area (Å²) in [4.78, 5) is 16.4. The largest absolute Gasteiger partial charge is 0.339 e. The van der Waals surface area contributed by atoms with E-state index in [1.54, 1.807) is 25.1 Å². The molecule has 1 aromatic heterocycles. The second-order valence-corrected chi connectivity index (χ2v) is 4.54. The maximum atomic E-state index is 12.2. The van der Waals surface area contributed by atoms with Crippen LogP contribution in [0.3, 0.4) is 0 Å². The summed E-state index contributed by atoms with van der Waals surface area (Å²) in [5, 5.41) is 6.69. The Labute approximate surface area is 121 Å². The van der Waals surface area contributed by atoms with Gasteiger partial charge in [0.1, 0.15) is 0 Å². The van der Waals surface area contributed by atoms with Crippen LogP contribution in [0.25, 0.3) is 11.4 Å². The molecule has 2 aromatic carbocycles. The van der Waals surface area contributed by atoms with Gasteiger partial charge >= 0.3 is 0 Å². The van der Waals surface area contributed by atoms with Crippen LogP contribution in [0, 0.1) is 6.92 Å². The SMILES string of the molecule is Cc1nc(-c2cccc(C(=O)Nc3ccccc3)c2)no1. The summed E-state index contributed by atoms with van der Waals surface area (Å²) in [5.41, 5.74) is 2.04. The predicted octanol–water partition coefficient (Wildman–Crippen LogP) is 3.30. The van der Waals surface area contributed by atoms with Crippen molar-refractivity contribution in [2.45, 2.75) is 6.92 Å². The van der Waals surface area contributed by atoms with Gasteiger partial charge in [-0.2, -0.15) is 4.98 Å². The van der Waals surface area contributed by atoms with E-state index in [0.29, 0.717) is 17.3 Å². The van der Waals surface area contributed by atoms with E-state index < -0.39 is 0 Å². The third kappa shape index (κ3) is 2.97. The van der Waals surface area contributed by atoms with Crippen LogP contribution in [0.2, 0.25) is 0 Å². The van der Waals surface area contributed by atoms with Gasteiger partial charge in [-0.05, 0) is 24.3 Å². The van der Waals surface area contributed by atoms with Crippen LogP contribution >= 0.6 is 0 Å². The van der Waals surface area contributed by atoms with Gasteiger partial charge in [0, 0.05) is 23.7 Å². The van der Waals surface area contributed by atoms with Gasteiger partial charge in [-0.1, -0.05) is 35.5 Å². The van der Waals surface area contributed by atoms with Crippen molar-refractivity contribution < 1.29 is 9.32 Å². The Hall–Kier alpha value is -2.95. The van der Waals surface area contributed by atoms with E-state index in [9.17, 15) is 4.79 Å².